The van der Waals surface area contributed by atoms with Crippen molar-refractivity contribution in [3.05, 3.63) is 41.5 Å². The van der Waals surface area contributed by atoms with Crippen LogP contribution < -0.4 is 0 Å². The zero-order chi connectivity index (χ0) is 12.9. The fourth-order valence-corrected chi connectivity index (χ4v) is 1.57. The van der Waals surface area contributed by atoms with Crippen molar-refractivity contribution in [3.8, 4) is 0 Å². The molecule has 0 saturated carbocycles. The minimum atomic E-state index is -0.0652. The van der Waals surface area contributed by atoms with Crippen molar-refractivity contribution in [2.45, 2.75) is 32.6 Å². The topological polar surface area (TPSA) is 17.1 Å². The summed E-state index contributed by atoms with van der Waals surface area (Å²) >= 11 is 5.42. The van der Waals surface area contributed by atoms with Gasteiger partial charge >= 0.3 is 0 Å². The predicted molar refractivity (Wildman–Crippen MR) is 74.5 cm³/mol. The molecule has 0 spiro atoms. The van der Waals surface area contributed by atoms with Crippen molar-refractivity contribution in [3.63, 3.8) is 0 Å². The zero-order valence-corrected chi connectivity index (χ0v) is 11.4. The number of allylic oxidation sites excluding steroid dienone is 1. The van der Waals surface area contributed by atoms with Gasteiger partial charge in [-0.25, -0.2) is 0 Å². The van der Waals surface area contributed by atoms with Gasteiger partial charge in [0.1, 0.15) is 0 Å². The Morgan fingerprint density at radius 3 is 2.35 bits per heavy atom. The number of benzene rings is 1. The highest BCUT2D eigenvalue weighted by Crippen LogP contribution is 2.26. The Balaban J connectivity index is 2.82. The zero-order valence-electron chi connectivity index (χ0n) is 10.7. The number of hydrogen-bond acceptors (Lipinski definition) is 1. The molecule has 0 saturated heterocycles. The summed E-state index contributed by atoms with van der Waals surface area (Å²) in [6.07, 6.45) is 4.42. The van der Waals surface area contributed by atoms with E-state index in [4.69, 9.17) is 11.6 Å². The van der Waals surface area contributed by atoms with Crippen molar-refractivity contribution >= 4 is 23.5 Å². The number of halogens is 1. The molecular weight excluding hydrogens is 232 g/mol. The standard InChI is InChI=1S/C15H19ClO/c1-4-15(2,3)13-8-5-12(6-9-13)7-10-14(17)11-16/h5-10H,4,11H2,1-3H3. The first-order chi connectivity index (χ1) is 7.99. The smallest absolute Gasteiger partial charge is 0.170 e. The van der Waals surface area contributed by atoms with Gasteiger partial charge in [-0.2, -0.15) is 0 Å². The number of carbonyl (C=O) groups excluding carboxylic acids is 1. The van der Waals surface area contributed by atoms with Crippen molar-refractivity contribution in [2.24, 2.45) is 0 Å². The fraction of sp³-hybridized carbons (Fsp3) is 0.400. The molecule has 92 valence electrons. The van der Waals surface area contributed by atoms with Crippen molar-refractivity contribution < 1.29 is 4.79 Å². The van der Waals surface area contributed by atoms with E-state index in [2.05, 4.69) is 32.9 Å². The third kappa shape index (κ3) is 4.01. The highest BCUT2D eigenvalue weighted by atomic mass is 35.5. The molecule has 1 aromatic carbocycles. The van der Waals surface area contributed by atoms with Crippen LogP contribution in [-0.4, -0.2) is 11.7 Å². The summed E-state index contributed by atoms with van der Waals surface area (Å²) in [4.78, 5) is 11.0. The van der Waals surface area contributed by atoms with E-state index in [1.807, 2.05) is 12.1 Å². The summed E-state index contributed by atoms with van der Waals surface area (Å²) in [5, 5.41) is 0. The van der Waals surface area contributed by atoms with Crippen LogP contribution in [0.2, 0.25) is 0 Å². The number of carbonyl (C=O) groups is 1. The van der Waals surface area contributed by atoms with E-state index in [0.717, 1.165) is 12.0 Å². The number of hydrogen-bond donors (Lipinski definition) is 0. The Morgan fingerprint density at radius 1 is 1.29 bits per heavy atom. The molecular formula is C15H19ClO. The molecule has 1 rings (SSSR count). The normalized spacial score (nSPS) is 12.0. The highest BCUT2D eigenvalue weighted by Gasteiger charge is 2.16. The first kappa shape index (κ1) is 14.0. The minimum Gasteiger partial charge on any atom is -0.294 e. The summed E-state index contributed by atoms with van der Waals surface area (Å²) < 4.78 is 0. The average Bonchev–Trinajstić information content (AvgIpc) is 2.36. The highest BCUT2D eigenvalue weighted by molar-refractivity contribution is 6.29. The molecule has 0 amide bonds. The molecule has 0 fully saturated rings. The Hall–Kier alpha value is -1.08. The van der Waals surface area contributed by atoms with E-state index in [-0.39, 0.29) is 17.1 Å². The maximum atomic E-state index is 11.0. The molecule has 1 aromatic rings. The molecule has 1 nitrogen and oxygen atoms in total. The van der Waals surface area contributed by atoms with E-state index in [1.54, 1.807) is 6.08 Å². The molecule has 0 radical (unpaired) electrons. The van der Waals surface area contributed by atoms with Crippen LogP contribution in [0.1, 0.15) is 38.3 Å². The van der Waals surface area contributed by atoms with Crippen LogP contribution in [0.25, 0.3) is 6.08 Å². The molecule has 0 aliphatic rings. The molecule has 0 atom stereocenters. The quantitative estimate of drug-likeness (QED) is 0.566. The number of rotatable bonds is 5. The lowest BCUT2D eigenvalue weighted by atomic mass is 9.82. The summed E-state index contributed by atoms with van der Waals surface area (Å²) in [7, 11) is 0. The summed E-state index contributed by atoms with van der Waals surface area (Å²) in [5.41, 5.74) is 2.55. The van der Waals surface area contributed by atoms with Gasteiger partial charge in [0.25, 0.3) is 0 Å². The lowest BCUT2D eigenvalue weighted by molar-refractivity contribution is -0.112. The Kier molecular flexibility index (Phi) is 4.95. The first-order valence-corrected chi connectivity index (χ1v) is 6.40. The van der Waals surface area contributed by atoms with E-state index in [9.17, 15) is 4.79 Å². The van der Waals surface area contributed by atoms with Gasteiger partial charge in [-0.1, -0.05) is 51.1 Å². The molecule has 0 aromatic heterocycles. The van der Waals surface area contributed by atoms with E-state index < -0.39 is 0 Å². The van der Waals surface area contributed by atoms with Gasteiger partial charge in [0, 0.05) is 0 Å². The molecule has 0 heterocycles. The SMILES string of the molecule is CCC(C)(C)c1ccc(C=CC(=O)CCl)cc1. The van der Waals surface area contributed by atoms with Crippen LogP contribution in [-0.2, 0) is 10.2 Å². The van der Waals surface area contributed by atoms with E-state index >= 15 is 0 Å². The summed E-state index contributed by atoms with van der Waals surface area (Å²) in [6.45, 7) is 6.65. The van der Waals surface area contributed by atoms with Gasteiger partial charge in [-0.3, -0.25) is 4.79 Å². The molecule has 0 aliphatic heterocycles. The van der Waals surface area contributed by atoms with Crippen LogP contribution in [0, 0.1) is 0 Å². The molecule has 0 unspecified atom stereocenters. The molecule has 0 N–H and O–H groups in total. The first-order valence-electron chi connectivity index (χ1n) is 5.87. The van der Waals surface area contributed by atoms with Crippen molar-refractivity contribution in [2.75, 3.05) is 5.88 Å². The Morgan fingerprint density at radius 2 is 1.88 bits per heavy atom. The maximum Gasteiger partial charge on any atom is 0.170 e. The molecule has 0 aliphatic carbocycles. The lowest BCUT2D eigenvalue weighted by Gasteiger charge is -2.23. The van der Waals surface area contributed by atoms with Gasteiger partial charge < -0.3 is 0 Å². The van der Waals surface area contributed by atoms with Crippen LogP contribution >= 0.6 is 11.6 Å². The van der Waals surface area contributed by atoms with Crippen LogP contribution in [0.5, 0.6) is 0 Å². The maximum absolute atomic E-state index is 11.0. The minimum absolute atomic E-state index is 0.0391. The van der Waals surface area contributed by atoms with E-state index in [1.165, 1.54) is 11.6 Å². The van der Waals surface area contributed by atoms with Crippen molar-refractivity contribution in [1.29, 1.82) is 0 Å². The van der Waals surface area contributed by atoms with Crippen LogP contribution in [0.4, 0.5) is 0 Å². The van der Waals surface area contributed by atoms with Crippen LogP contribution in [0.15, 0.2) is 30.3 Å². The second-order valence-corrected chi connectivity index (χ2v) is 5.06. The Bertz CT molecular complexity index is 401. The van der Waals surface area contributed by atoms with Crippen LogP contribution in [0.3, 0.4) is 0 Å². The van der Waals surface area contributed by atoms with Gasteiger partial charge in [-0.15, -0.1) is 11.6 Å². The summed E-state index contributed by atoms with van der Waals surface area (Å²) in [6, 6.07) is 8.30. The molecule has 17 heavy (non-hydrogen) atoms. The third-order valence-electron chi connectivity index (χ3n) is 3.17. The number of ketones is 1. The average molecular weight is 251 g/mol. The van der Waals surface area contributed by atoms with Crippen molar-refractivity contribution in [1.82, 2.24) is 0 Å². The second kappa shape index (κ2) is 6.02. The fourth-order valence-electron chi connectivity index (χ4n) is 1.48. The van der Waals surface area contributed by atoms with Gasteiger partial charge in [0.2, 0.25) is 0 Å². The third-order valence-corrected chi connectivity index (χ3v) is 3.43. The van der Waals surface area contributed by atoms with E-state index in [0.29, 0.717) is 0 Å². The number of alkyl halides is 1. The largest absolute Gasteiger partial charge is 0.294 e. The van der Waals surface area contributed by atoms with Gasteiger partial charge in [-0.05, 0) is 29.0 Å². The second-order valence-electron chi connectivity index (χ2n) is 4.79. The molecule has 2 heteroatoms. The monoisotopic (exact) mass is 250 g/mol. The lowest BCUT2D eigenvalue weighted by Crippen LogP contribution is -2.14. The van der Waals surface area contributed by atoms with Gasteiger partial charge in [0.15, 0.2) is 5.78 Å². The predicted octanol–water partition coefficient (Wildman–Crippen LogP) is 4.20. The van der Waals surface area contributed by atoms with Gasteiger partial charge in [0.05, 0.1) is 5.88 Å². The Labute approximate surface area is 108 Å². The summed E-state index contributed by atoms with van der Waals surface area (Å²) in [5.74, 6) is -0.0260. The molecule has 0 bridgehead atoms.